The van der Waals surface area contributed by atoms with Gasteiger partial charge in [0.2, 0.25) is 0 Å². The van der Waals surface area contributed by atoms with Gasteiger partial charge in [-0.05, 0) is 24.3 Å². The number of nitrogens with two attached hydrogens (primary N) is 1. The summed E-state index contributed by atoms with van der Waals surface area (Å²) in [6, 6.07) is 12.3. The molecule has 0 saturated carbocycles. The molecule has 31 heavy (non-hydrogen) atoms. The molecule has 3 N–H and O–H groups in total. The Morgan fingerprint density at radius 1 is 0.968 bits per heavy atom. The number of aromatic nitrogens is 2. The Bertz CT molecular complexity index is 1060. The number of nitrogen functional groups attached to an aromatic ring is 1. The Morgan fingerprint density at radius 2 is 1.71 bits per heavy atom. The third kappa shape index (κ3) is 4.25. The Balaban J connectivity index is 1.51. The quantitative estimate of drug-likeness (QED) is 0.623. The number of benzene rings is 2. The topological polar surface area (TPSA) is 88.8 Å². The molecule has 1 aromatic heterocycles. The summed E-state index contributed by atoms with van der Waals surface area (Å²) in [4.78, 5) is 12.8. The number of rotatable bonds is 6. The first-order valence-corrected chi connectivity index (χ1v) is 9.94. The maximum Gasteiger partial charge on any atom is 0.159 e. The fourth-order valence-corrected chi connectivity index (χ4v) is 3.63. The molecule has 9 heteroatoms. The van der Waals surface area contributed by atoms with Crippen LogP contribution in [0.25, 0.3) is 0 Å². The highest BCUT2D eigenvalue weighted by Crippen LogP contribution is 2.35. The van der Waals surface area contributed by atoms with Gasteiger partial charge in [0.15, 0.2) is 11.6 Å². The van der Waals surface area contributed by atoms with Crippen molar-refractivity contribution in [1.82, 2.24) is 9.97 Å². The summed E-state index contributed by atoms with van der Waals surface area (Å²) in [6.45, 7) is 2.67. The van der Waals surface area contributed by atoms with E-state index in [1.807, 2.05) is 23.1 Å². The van der Waals surface area contributed by atoms with Crippen LogP contribution in [-0.2, 0) is 0 Å². The number of hydrogen-bond donors (Lipinski definition) is 2. The molecule has 0 amide bonds. The maximum absolute atomic E-state index is 14.1. The molecule has 1 fully saturated rings. The van der Waals surface area contributed by atoms with Crippen molar-refractivity contribution >= 4 is 28.7 Å². The van der Waals surface area contributed by atoms with Gasteiger partial charge in [0.25, 0.3) is 0 Å². The Labute approximate surface area is 180 Å². The molecule has 0 unspecified atom stereocenters. The minimum Gasteiger partial charge on any atom is -0.497 e. The van der Waals surface area contributed by atoms with Crippen molar-refractivity contribution in [2.45, 2.75) is 0 Å². The zero-order valence-corrected chi connectivity index (χ0v) is 17.5. The number of nitrogens with zero attached hydrogens (tertiary/aromatic N) is 4. The molecular weight excluding hydrogens is 399 g/mol. The second-order valence-corrected chi connectivity index (χ2v) is 7.08. The van der Waals surface area contributed by atoms with E-state index in [0.29, 0.717) is 66.4 Å². The number of nitrogens with one attached hydrogen (secondary N) is 1. The minimum absolute atomic E-state index is 0.211. The SMILES string of the molecule is COc1ccc(Nc2ncnc(N3CCN(c4ccccc4F)CC3)c2N)c(OC)c1. The van der Waals surface area contributed by atoms with Gasteiger partial charge >= 0.3 is 0 Å². The molecule has 162 valence electrons. The molecule has 1 aliphatic heterocycles. The molecule has 3 aromatic rings. The van der Waals surface area contributed by atoms with E-state index in [9.17, 15) is 4.39 Å². The number of ether oxygens (including phenoxy) is 2. The van der Waals surface area contributed by atoms with Crippen molar-refractivity contribution in [3.05, 3.63) is 54.6 Å². The molecule has 0 atom stereocenters. The predicted molar refractivity (Wildman–Crippen MR) is 120 cm³/mol. The third-order valence-corrected chi connectivity index (χ3v) is 5.30. The summed E-state index contributed by atoms with van der Waals surface area (Å²) in [5, 5.41) is 3.22. The number of halogens is 1. The summed E-state index contributed by atoms with van der Waals surface area (Å²) in [7, 11) is 3.19. The van der Waals surface area contributed by atoms with Crippen molar-refractivity contribution in [1.29, 1.82) is 0 Å². The van der Waals surface area contributed by atoms with Gasteiger partial charge in [0, 0.05) is 32.2 Å². The average Bonchev–Trinajstić information content (AvgIpc) is 2.81. The fraction of sp³-hybridized carbons (Fsp3) is 0.273. The second kappa shape index (κ2) is 8.95. The first kappa shape index (κ1) is 20.5. The van der Waals surface area contributed by atoms with Gasteiger partial charge in [-0.1, -0.05) is 12.1 Å². The lowest BCUT2D eigenvalue weighted by Crippen LogP contribution is -2.47. The van der Waals surface area contributed by atoms with E-state index in [-0.39, 0.29) is 5.82 Å². The van der Waals surface area contributed by atoms with E-state index in [0.717, 1.165) is 0 Å². The van der Waals surface area contributed by atoms with Crippen molar-refractivity contribution in [3.8, 4) is 11.5 Å². The molecule has 1 saturated heterocycles. The van der Waals surface area contributed by atoms with Crippen LogP contribution in [0.2, 0.25) is 0 Å². The lowest BCUT2D eigenvalue weighted by Gasteiger charge is -2.37. The van der Waals surface area contributed by atoms with Crippen LogP contribution in [0.15, 0.2) is 48.8 Å². The van der Waals surface area contributed by atoms with Crippen LogP contribution >= 0.6 is 0 Å². The summed E-state index contributed by atoms with van der Waals surface area (Å²) in [6.07, 6.45) is 1.48. The molecule has 0 spiro atoms. The van der Waals surface area contributed by atoms with Gasteiger partial charge in [-0.3, -0.25) is 0 Å². The highest BCUT2D eigenvalue weighted by molar-refractivity contribution is 5.80. The van der Waals surface area contributed by atoms with E-state index in [1.165, 1.54) is 12.4 Å². The van der Waals surface area contributed by atoms with E-state index in [1.54, 1.807) is 32.4 Å². The molecule has 0 bridgehead atoms. The number of hydrogen-bond acceptors (Lipinski definition) is 8. The van der Waals surface area contributed by atoms with Crippen LogP contribution in [0.1, 0.15) is 0 Å². The zero-order chi connectivity index (χ0) is 21.8. The molecule has 0 radical (unpaired) electrons. The second-order valence-electron chi connectivity index (χ2n) is 7.08. The summed E-state index contributed by atoms with van der Waals surface area (Å²) in [5.41, 5.74) is 8.18. The lowest BCUT2D eigenvalue weighted by atomic mass is 10.2. The highest BCUT2D eigenvalue weighted by Gasteiger charge is 2.23. The Morgan fingerprint density at radius 3 is 2.42 bits per heavy atom. The molecule has 4 rings (SSSR count). The molecule has 1 aliphatic rings. The normalized spacial score (nSPS) is 13.8. The van der Waals surface area contributed by atoms with Gasteiger partial charge in [0.05, 0.1) is 25.6 Å². The van der Waals surface area contributed by atoms with Gasteiger partial charge in [-0.15, -0.1) is 0 Å². The van der Waals surface area contributed by atoms with E-state index < -0.39 is 0 Å². The number of methoxy groups -OCH3 is 2. The van der Waals surface area contributed by atoms with Crippen LogP contribution in [-0.4, -0.2) is 50.4 Å². The van der Waals surface area contributed by atoms with Crippen LogP contribution in [0, 0.1) is 5.82 Å². The van der Waals surface area contributed by atoms with Crippen LogP contribution in [0.3, 0.4) is 0 Å². The minimum atomic E-state index is -0.211. The van der Waals surface area contributed by atoms with Gasteiger partial charge in [0.1, 0.15) is 29.3 Å². The fourth-order valence-electron chi connectivity index (χ4n) is 3.63. The standard InChI is InChI=1S/C22H25FN6O2/c1-30-15-7-8-17(19(13-15)31-2)27-21-20(24)22(26-14-25-21)29-11-9-28(10-12-29)18-6-4-3-5-16(18)23/h3-8,13-14H,9-12,24H2,1-2H3,(H,25,26,27). The van der Waals surface area contributed by atoms with Gasteiger partial charge in [-0.25, -0.2) is 14.4 Å². The largest absolute Gasteiger partial charge is 0.497 e. The molecule has 0 aliphatic carbocycles. The molecule has 2 heterocycles. The summed E-state index contributed by atoms with van der Waals surface area (Å²) >= 11 is 0. The Hall–Kier alpha value is -3.75. The van der Waals surface area contributed by atoms with Crippen LogP contribution < -0.4 is 30.3 Å². The third-order valence-electron chi connectivity index (χ3n) is 5.30. The first-order valence-electron chi connectivity index (χ1n) is 9.94. The molecule has 2 aromatic carbocycles. The van der Waals surface area contributed by atoms with Gasteiger partial charge in [-0.2, -0.15) is 0 Å². The average molecular weight is 424 g/mol. The Kier molecular flexibility index (Phi) is 5.92. The van der Waals surface area contributed by atoms with E-state index in [4.69, 9.17) is 15.2 Å². The number of para-hydroxylation sites is 1. The monoisotopic (exact) mass is 424 g/mol. The van der Waals surface area contributed by atoms with E-state index in [2.05, 4.69) is 20.2 Å². The first-order chi connectivity index (χ1) is 15.1. The van der Waals surface area contributed by atoms with Gasteiger partial charge < -0.3 is 30.3 Å². The molecular formula is C22H25FN6O2. The lowest BCUT2D eigenvalue weighted by molar-refractivity contribution is 0.395. The smallest absolute Gasteiger partial charge is 0.159 e. The summed E-state index contributed by atoms with van der Waals surface area (Å²) < 4.78 is 24.8. The predicted octanol–water partition coefficient (Wildman–Crippen LogP) is 3.29. The molecule has 8 nitrogen and oxygen atoms in total. The van der Waals surface area contributed by atoms with Crippen LogP contribution in [0.4, 0.5) is 33.1 Å². The van der Waals surface area contributed by atoms with Crippen molar-refractivity contribution < 1.29 is 13.9 Å². The maximum atomic E-state index is 14.1. The highest BCUT2D eigenvalue weighted by atomic mass is 19.1. The number of piperazine rings is 1. The van der Waals surface area contributed by atoms with Crippen molar-refractivity contribution in [2.75, 3.05) is 61.2 Å². The van der Waals surface area contributed by atoms with Crippen LogP contribution in [0.5, 0.6) is 11.5 Å². The van der Waals surface area contributed by atoms with E-state index >= 15 is 0 Å². The number of anilines is 5. The van der Waals surface area contributed by atoms with Crippen molar-refractivity contribution in [3.63, 3.8) is 0 Å². The van der Waals surface area contributed by atoms with Crippen molar-refractivity contribution in [2.24, 2.45) is 0 Å². The summed E-state index contributed by atoms with van der Waals surface area (Å²) in [5.74, 6) is 2.23. The zero-order valence-electron chi connectivity index (χ0n) is 17.5.